The molecule has 0 fully saturated rings. The number of hydrogen-bond donors (Lipinski definition) is 2. The van der Waals surface area contributed by atoms with E-state index in [2.05, 4.69) is 10.6 Å². The van der Waals surface area contributed by atoms with E-state index >= 15 is 0 Å². The fraction of sp³-hybridized carbons (Fsp3) is 0.529. The number of carbonyl (C=O) groups is 2. The number of anilines is 1. The van der Waals surface area contributed by atoms with Crippen LogP contribution in [0.5, 0.6) is 0 Å². The highest BCUT2D eigenvalue weighted by atomic mass is 16.2. The topological polar surface area (TPSA) is 61.4 Å². The Hall–Kier alpha value is -1.88. The van der Waals surface area contributed by atoms with Gasteiger partial charge in [-0.3, -0.25) is 14.5 Å². The molecule has 0 aliphatic heterocycles. The monoisotopic (exact) mass is 305 g/mol. The van der Waals surface area contributed by atoms with Crippen molar-refractivity contribution in [2.75, 3.05) is 25.0 Å². The van der Waals surface area contributed by atoms with Gasteiger partial charge in [0.25, 0.3) is 0 Å². The van der Waals surface area contributed by atoms with Gasteiger partial charge in [-0.1, -0.05) is 19.1 Å². The smallest absolute Gasteiger partial charge is 0.238 e. The molecule has 22 heavy (non-hydrogen) atoms. The van der Waals surface area contributed by atoms with Crippen LogP contribution in [0.3, 0.4) is 0 Å². The fourth-order valence-electron chi connectivity index (χ4n) is 2.07. The number of rotatable bonds is 6. The molecule has 0 atom stereocenters. The molecule has 0 bridgehead atoms. The van der Waals surface area contributed by atoms with Gasteiger partial charge in [-0.05, 0) is 51.9 Å². The van der Waals surface area contributed by atoms with Crippen molar-refractivity contribution in [1.29, 1.82) is 0 Å². The Balaban J connectivity index is 2.51. The van der Waals surface area contributed by atoms with Gasteiger partial charge in [0, 0.05) is 11.2 Å². The molecule has 0 aliphatic rings. The summed E-state index contributed by atoms with van der Waals surface area (Å²) in [6, 6.07) is 7.65. The summed E-state index contributed by atoms with van der Waals surface area (Å²) in [7, 11) is 0. The SMILES string of the molecule is CCN(CC(=O)Nc1cccc(C)c1)CC(=O)NC(C)(C)C. The number of amides is 2. The first kappa shape index (κ1) is 18.2. The molecule has 0 saturated carbocycles. The van der Waals surface area contributed by atoms with Crippen LogP contribution in [-0.4, -0.2) is 41.9 Å². The molecule has 0 heterocycles. The number of nitrogens with one attached hydrogen (secondary N) is 2. The van der Waals surface area contributed by atoms with Crippen LogP contribution in [0.25, 0.3) is 0 Å². The highest BCUT2D eigenvalue weighted by molar-refractivity contribution is 5.92. The molecule has 1 aromatic rings. The molecular weight excluding hydrogens is 278 g/mol. The maximum atomic E-state index is 12.1. The summed E-state index contributed by atoms with van der Waals surface area (Å²) in [5.41, 5.74) is 1.61. The number of benzene rings is 1. The molecule has 122 valence electrons. The number of aryl methyl sites for hydroxylation is 1. The zero-order valence-corrected chi connectivity index (χ0v) is 14.2. The van der Waals surface area contributed by atoms with Gasteiger partial charge in [-0.15, -0.1) is 0 Å². The van der Waals surface area contributed by atoms with Gasteiger partial charge in [0.05, 0.1) is 13.1 Å². The first-order chi connectivity index (χ1) is 10.2. The highest BCUT2D eigenvalue weighted by Gasteiger charge is 2.17. The minimum atomic E-state index is -0.264. The van der Waals surface area contributed by atoms with Crippen LogP contribution >= 0.6 is 0 Å². The van der Waals surface area contributed by atoms with Gasteiger partial charge in [0.2, 0.25) is 11.8 Å². The zero-order chi connectivity index (χ0) is 16.8. The van der Waals surface area contributed by atoms with Crippen LogP contribution in [0, 0.1) is 6.92 Å². The Kier molecular flexibility index (Phi) is 6.56. The largest absolute Gasteiger partial charge is 0.350 e. The van der Waals surface area contributed by atoms with Crippen molar-refractivity contribution in [1.82, 2.24) is 10.2 Å². The Bertz CT molecular complexity index is 521. The lowest BCUT2D eigenvalue weighted by Gasteiger charge is -2.24. The minimum Gasteiger partial charge on any atom is -0.350 e. The molecule has 1 aromatic carbocycles. The molecule has 0 saturated heterocycles. The van der Waals surface area contributed by atoms with Crippen molar-refractivity contribution in [3.8, 4) is 0 Å². The zero-order valence-electron chi connectivity index (χ0n) is 14.2. The third-order valence-electron chi connectivity index (χ3n) is 3.00. The molecule has 2 N–H and O–H groups in total. The van der Waals surface area contributed by atoms with E-state index in [-0.39, 0.29) is 30.4 Å². The van der Waals surface area contributed by atoms with Crippen LogP contribution in [0.2, 0.25) is 0 Å². The van der Waals surface area contributed by atoms with Crippen LogP contribution in [0.1, 0.15) is 33.3 Å². The Labute approximate surface area is 133 Å². The summed E-state index contributed by atoms with van der Waals surface area (Å²) in [5, 5.41) is 5.76. The maximum absolute atomic E-state index is 12.1. The molecule has 2 amide bonds. The van der Waals surface area contributed by atoms with E-state index in [9.17, 15) is 9.59 Å². The summed E-state index contributed by atoms with van der Waals surface area (Å²) in [4.78, 5) is 25.8. The van der Waals surface area contributed by atoms with Crippen molar-refractivity contribution in [2.45, 2.75) is 40.2 Å². The molecule has 5 nitrogen and oxygen atoms in total. The molecule has 5 heteroatoms. The second kappa shape index (κ2) is 7.94. The summed E-state index contributed by atoms with van der Waals surface area (Å²) in [6.45, 7) is 10.8. The van der Waals surface area contributed by atoms with Crippen LogP contribution in [0.15, 0.2) is 24.3 Å². The second-order valence-corrected chi connectivity index (χ2v) is 6.52. The normalized spacial score (nSPS) is 11.4. The van der Waals surface area contributed by atoms with E-state index in [4.69, 9.17) is 0 Å². The number of likely N-dealkylation sites (N-methyl/N-ethyl adjacent to an activating group) is 1. The van der Waals surface area contributed by atoms with Crippen molar-refractivity contribution in [2.24, 2.45) is 0 Å². The van der Waals surface area contributed by atoms with Gasteiger partial charge < -0.3 is 10.6 Å². The number of nitrogens with zero attached hydrogens (tertiary/aromatic N) is 1. The van der Waals surface area contributed by atoms with Gasteiger partial charge in [-0.2, -0.15) is 0 Å². The van der Waals surface area contributed by atoms with Gasteiger partial charge in [0.1, 0.15) is 0 Å². The third kappa shape index (κ3) is 7.22. The Morgan fingerprint density at radius 1 is 1.14 bits per heavy atom. The Morgan fingerprint density at radius 3 is 2.32 bits per heavy atom. The van der Waals surface area contributed by atoms with E-state index in [1.54, 1.807) is 0 Å². The number of hydrogen-bond acceptors (Lipinski definition) is 3. The molecule has 0 aromatic heterocycles. The third-order valence-corrected chi connectivity index (χ3v) is 3.00. The Morgan fingerprint density at radius 2 is 1.77 bits per heavy atom. The minimum absolute atomic E-state index is 0.0716. The van der Waals surface area contributed by atoms with Crippen LogP contribution < -0.4 is 10.6 Å². The van der Waals surface area contributed by atoms with Crippen molar-refractivity contribution in [3.63, 3.8) is 0 Å². The molecule has 0 spiro atoms. The first-order valence-electron chi connectivity index (χ1n) is 7.59. The molecule has 0 unspecified atom stereocenters. The first-order valence-corrected chi connectivity index (χ1v) is 7.59. The van der Waals surface area contributed by atoms with Crippen molar-refractivity contribution in [3.05, 3.63) is 29.8 Å². The van der Waals surface area contributed by atoms with Gasteiger partial charge >= 0.3 is 0 Å². The average molecular weight is 305 g/mol. The standard InChI is InChI=1S/C17H27N3O2/c1-6-20(12-16(22)19-17(3,4)5)11-15(21)18-14-9-7-8-13(2)10-14/h7-10H,6,11-12H2,1-5H3,(H,18,21)(H,19,22). The molecular formula is C17H27N3O2. The maximum Gasteiger partial charge on any atom is 0.238 e. The second-order valence-electron chi connectivity index (χ2n) is 6.52. The lowest BCUT2D eigenvalue weighted by atomic mass is 10.1. The van der Waals surface area contributed by atoms with Crippen molar-refractivity contribution >= 4 is 17.5 Å². The van der Waals surface area contributed by atoms with Crippen LogP contribution in [0.4, 0.5) is 5.69 Å². The van der Waals surface area contributed by atoms with E-state index in [0.29, 0.717) is 6.54 Å². The summed E-state index contributed by atoms with van der Waals surface area (Å²) in [5.74, 6) is -0.186. The highest BCUT2D eigenvalue weighted by Crippen LogP contribution is 2.09. The van der Waals surface area contributed by atoms with E-state index in [1.165, 1.54) is 0 Å². The molecule has 0 aliphatic carbocycles. The summed E-state index contributed by atoms with van der Waals surface area (Å²) < 4.78 is 0. The molecule has 0 radical (unpaired) electrons. The summed E-state index contributed by atoms with van der Waals surface area (Å²) >= 11 is 0. The van der Waals surface area contributed by atoms with Gasteiger partial charge in [0.15, 0.2) is 0 Å². The average Bonchev–Trinajstić information content (AvgIpc) is 2.35. The summed E-state index contributed by atoms with van der Waals surface area (Å²) in [6.07, 6.45) is 0. The van der Waals surface area contributed by atoms with E-state index in [1.807, 2.05) is 63.8 Å². The van der Waals surface area contributed by atoms with E-state index in [0.717, 1.165) is 11.3 Å². The van der Waals surface area contributed by atoms with Gasteiger partial charge in [-0.25, -0.2) is 0 Å². The van der Waals surface area contributed by atoms with E-state index < -0.39 is 0 Å². The van der Waals surface area contributed by atoms with Crippen molar-refractivity contribution < 1.29 is 9.59 Å². The van der Waals surface area contributed by atoms with Crippen LogP contribution in [-0.2, 0) is 9.59 Å². The lowest BCUT2D eigenvalue weighted by molar-refractivity contribution is -0.124. The molecule has 1 rings (SSSR count). The predicted molar refractivity (Wildman–Crippen MR) is 89.8 cm³/mol. The fourth-order valence-corrected chi connectivity index (χ4v) is 2.07. The predicted octanol–water partition coefficient (Wildman–Crippen LogP) is 2.17. The number of carbonyl (C=O) groups excluding carboxylic acids is 2. The lowest BCUT2D eigenvalue weighted by Crippen LogP contribution is -2.47. The quantitative estimate of drug-likeness (QED) is 0.847.